The van der Waals surface area contributed by atoms with Crippen LogP contribution in [0.5, 0.6) is 0 Å². The Morgan fingerprint density at radius 1 is 1.54 bits per heavy atom. The fraction of sp³-hybridized carbons (Fsp3) is 0.333. The Kier molecular flexibility index (Phi) is 2.62. The van der Waals surface area contributed by atoms with E-state index in [9.17, 15) is 9.50 Å². The lowest BCUT2D eigenvalue weighted by Gasteiger charge is -2.21. The topological polar surface area (TPSA) is 20.2 Å². The maximum atomic E-state index is 13.4. The second-order valence-corrected chi connectivity index (χ2v) is 4.93. The average Bonchev–Trinajstić information content (AvgIpc) is 2.07. The van der Waals surface area contributed by atoms with Crippen molar-refractivity contribution in [3.8, 4) is 0 Å². The summed E-state index contributed by atoms with van der Waals surface area (Å²) in [7, 11) is 0. The third kappa shape index (κ3) is 1.75. The van der Waals surface area contributed by atoms with E-state index < -0.39 is 6.10 Å². The van der Waals surface area contributed by atoms with Crippen LogP contribution in [0.15, 0.2) is 16.6 Å². The van der Waals surface area contributed by atoms with Gasteiger partial charge in [-0.1, -0.05) is 15.9 Å². The first-order valence-electron chi connectivity index (χ1n) is 3.92. The zero-order valence-corrected chi connectivity index (χ0v) is 9.16. The van der Waals surface area contributed by atoms with E-state index in [-0.39, 0.29) is 5.82 Å². The quantitative estimate of drug-likeness (QED) is 0.776. The third-order valence-electron chi connectivity index (χ3n) is 2.08. The van der Waals surface area contributed by atoms with Crippen LogP contribution in [0.3, 0.4) is 0 Å². The minimum Gasteiger partial charge on any atom is -0.388 e. The van der Waals surface area contributed by atoms with Crippen molar-refractivity contribution >= 4 is 27.7 Å². The molecule has 1 atom stereocenters. The van der Waals surface area contributed by atoms with Gasteiger partial charge in [0.15, 0.2) is 0 Å². The lowest BCUT2D eigenvalue weighted by atomic mass is 10.0. The zero-order valence-electron chi connectivity index (χ0n) is 6.76. The number of fused-ring (bicyclic) bond motifs is 1. The van der Waals surface area contributed by atoms with E-state index in [1.54, 1.807) is 17.8 Å². The van der Waals surface area contributed by atoms with Gasteiger partial charge < -0.3 is 5.11 Å². The molecule has 2 rings (SSSR count). The van der Waals surface area contributed by atoms with Gasteiger partial charge in [0.25, 0.3) is 0 Å². The highest BCUT2D eigenvalue weighted by atomic mass is 79.9. The molecule has 0 aliphatic carbocycles. The van der Waals surface area contributed by atoms with Gasteiger partial charge in [0.05, 0.1) is 6.10 Å². The van der Waals surface area contributed by atoms with Crippen molar-refractivity contribution < 1.29 is 9.50 Å². The SMILES string of the molecule is OC1CSCc2c(F)cc(Br)cc21. The summed E-state index contributed by atoms with van der Waals surface area (Å²) < 4.78 is 14.0. The molecular formula is C9H8BrFOS. The Bertz CT molecular complexity index is 343. The zero-order chi connectivity index (χ0) is 9.42. The lowest BCUT2D eigenvalue weighted by Crippen LogP contribution is -2.11. The van der Waals surface area contributed by atoms with E-state index in [2.05, 4.69) is 15.9 Å². The van der Waals surface area contributed by atoms with Crippen molar-refractivity contribution in [1.29, 1.82) is 0 Å². The van der Waals surface area contributed by atoms with Crippen LogP contribution in [0.25, 0.3) is 0 Å². The van der Waals surface area contributed by atoms with E-state index in [0.29, 0.717) is 21.5 Å². The molecule has 0 amide bonds. The fourth-order valence-corrected chi connectivity index (χ4v) is 2.91. The smallest absolute Gasteiger partial charge is 0.128 e. The predicted molar refractivity (Wildman–Crippen MR) is 55.2 cm³/mol. The Labute approximate surface area is 88.5 Å². The van der Waals surface area contributed by atoms with Gasteiger partial charge in [-0.25, -0.2) is 4.39 Å². The molecule has 0 radical (unpaired) electrons. The van der Waals surface area contributed by atoms with Gasteiger partial charge in [0.2, 0.25) is 0 Å². The summed E-state index contributed by atoms with van der Waals surface area (Å²) >= 11 is 4.77. The van der Waals surface area contributed by atoms with Gasteiger partial charge in [-0.2, -0.15) is 11.8 Å². The fourth-order valence-electron chi connectivity index (χ4n) is 1.44. The number of thioether (sulfide) groups is 1. The normalized spacial score (nSPS) is 21.3. The van der Waals surface area contributed by atoms with Crippen molar-refractivity contribution in [2.45, 2.75) is 11.9 Å². The van der Waals surface area contributed by atoms with Crippen molar-refractivity contribution in [2.24, 2.45) is 0 Å². The highest BCUT2D eigenvalue weighted by Crippen LogP contribution is 2.34. The molecule has 1 aliphatic heterocycles. The highest BCUT2D eigenvalue weighted by Gasteiger charge is 2.21. The molecule has 1 aromatic rings. The van der Waals surface area contributed by atoms with Gasteiger partial charge in [-0.05, 0) is 17.7 Å². The van der Waals surface area contributed by atoms with Crippen LogP contribution in [-0.4, -0.2) is 10.9 Å². The van der Waals surface area contributed by atoms with E-state index >= 15 is 0 Å². The maximum absolute atomic E-state index is 13.4. The standard InChI is InChI=1S/C9H8BrFOS/c10-5-1-6-7(8(11)2-5)3-13-4-9(6)12/h1-2,9,12H,3-4H2. The molecule has 1 N–H and O–H groups in total. The van der Waals surface area contributed by atoms with Gasteiger partial charge >= 0.3 is 0 Å². The Morgan fingerprint density at radius 2 is 2.31 bits per heavy atom. The van der Waals surface area contributed by atoms with Crippen molar-refractivity contribution in [2.75, 3.05) is 5.75 Å². The molecule has 0 saturated heterocycles. The summed E-state index contributed by atoms with van der Waals surface area (Å²) in [5, 5.41) is 9.60. The average molecular weight is 263 g/mol. The van der Waals surface area contributed by atoms with Gasteiger partial charge in [0.1, 0.15) is 5.82 Å². The molecule has 0 bridgehead atoms. The second kappa shape index (κ2) is 3.59. The molecule has 1 aromatic carbocycles. The lowest BCUT2D eigenvalue weighted by molar-refractivity contribution is 0.201. The van der Waals surface area contributed by atoms with E-state index in [4.69, 9.17) is 0 Å². The number of benzene rings is 1. The van der Waals surface area contributed by atoms with E-state index in [1.165, 1.54) is 6.07 Å². The number of hydrogen-bond acceptors (Lipinski definition) is 2. The minimum absolute atomic E-state index is 0.226. The molecule has 4 heteroatoms. The van der Waals surface area contributed by atoms with Crippen LogP contribution in [0.2, 0.25) is 0 Å². The van der Waals surface area contributed by atoms with Crippen LogP contribution in [0.4, 0.5) is 4.39 Å². The largest absolute Gasteiger partial charge is 0.388 e. The summed E-state index contributed by atoms with van der Waals surface area (Å²) in [6.07, 6.45) is -0.527. The van der Waals surface area contributed by atoms with Crippen LogP contribution < -0.4 is 0 Å². The summed E-state index contributed by atoms with van der Waals surface area (Å²) in [6, 6.07) is 3.24. The summed E-state index contributed by atoms with van der Waals surface area (Å²) in [5.74, 6) is 1.09. The maximum Gasteiger partial charge on any atom is 0.128 e. The molecule has 13 heavy (non-hydrogen) atoms. The second-order valence-electron chi connectivity index (χ2n) is 2.99. The minimum atomic E-state index is -0.527. The Balaban J connectivity index is 2.56. The van der Waals surface area contributed by atoms with E-state index in [0.717, 1.165) is 5.56 Å². The molecule has 0 fully saturated rings. The molecule has 0 spiro atoms. The van der Waals surface area contributed by atoms with E-state index in [1.807, 2.05) is 0 Å². The van der Waals surface area contributed by atoms with Crippen LogP contribution >= 0.6 is 27.7 Å². The number of aliphatic hydroxyl groups is 1. The molecule has 1 aliphatic rings. The van der Waals surface area contributed by atoms with Crippen molar-refractivity contribution in [3.05, 3.63) is 33.5 Å². The van der Waals surface area contributed by atoms with Crippen molar-refractivity contribution in [1.82, 2.24) is 0 Å². The molecule has 0 aromatic heterocycles. The monoisotopic (exact) mass is 262 g/mol. The first kappa shape index (κ1) is 9.49. The van der Waals surface area contributed by atoms with Gasteiger partial charge in [-0.15, -0.1) is 0 Å². The summed E-state index contributed by atoms with van der Waals surface area (Å²) in [4.78, 5) is 0. The van der Waals surface area contributed by atoms with Gasteiger partial charge in [0, 0.05) is 21.5 Å². The first-order valence-corrected chi connectivity index (χ1v) is 5.87. The molecule has 70 valence electrons. The Hall–Kier alpha value is -0.0600. The molecule has 1 unspecified atom stereocenters. The molecule has 0 saturated carbocycles. The van der Waals surface area contributed by atoms with Crippen molar-refractivity contribution in [3.63, 3.8) is 0 Å². The Morgan fingerprint density at radius 3 is 3.08 bits per heavy atom. The first-order chi connectivity index (χ1) is 6.18. The molecular weight excluding hydrogens is 255 g/mol. The van der Waals surface area contributed by atoms with Gasteiger partial charge in [-0.3, -0.25) is 0 Å². The van der Waals surface area contributed by atoms with Crippen LogP contribution in [-0.2, 0) is 5.75 Å². The number of aliphatic hydroxyl groups excluding tert-OH is 1. The predicted octanol–water partition coefficient (Wildman–Crippen LogP) is 2.87. The van der Waals surface area contributed by atoms with Crippen LogP contribution in [0.1, 0.15) is 17.2 Å². The number of halogens is 2. The molecule has 1 nitrogen and oxygen atoms in total. The summed E-state index contributed by atoms with van der Waals surface area (Å²) in [5.41, 5.74) is 1.37. The third-order valence-corrected chi connectivity index (χ3v) is 3.58. The number of rotatable bonds is 0. The highest BCUT2D eigenvalue weighted by molar-refractivity contribution is 9.10. The summed E-state index contributed by atoms with van der Waals surface area (Å²) in [6.45, 7) is 0. The number of hydrogen-bond donors (Lipinski definition) is 1. The van der Waals surface area contributed by atoms with Crippen LogP contribution in [0, 0.1) is 5.82 Å². The molecule has 1 heterocycles.